The second kappa shape index (κ2) is 5.70. The molecule has 0 spiro atoms. The number of sulfone groups is 1. The van der Waals surface area contributed by atoms with Crippen LogP contribution >= 0.6 is 0 Å². The van der Waals surface area contributed by atoms with E-state index in [0.29, 0.717) is 4.90 Å². The van der Waals surface area contributed by atoms with Crippen molar-refractivity contribution >= 4 is 9.84 Å². The molecule has 0 amide bonds. The van der Waals surface area contributed by atoms with Crippen molar-refractivity contribution in [1.82, 2.24) is 4.57 Å². The Morgan fingerprint density at radius 3 is 1.96 bits per heavy atom. The molecule has 3 nitrogen and oxygen atoms in total. The minimum absolute atomic E-state index is 0.336. The van der Waals surface area contributed by atoms with Crippen molar-refractivity contribution in [3.63, 3.8) is 0 Å². The topological polar surface area (TPSA) is 39.1 Å². The van der Waals surface area contributed by atoms with Crippen molar-refractivity contribution in [2.45, 2.75) is 18.7 Å². The van der Waals surface area contributed by atoms with E-state index in [4.69, 9.17) is 0 Å². The summed E-state index contributed by atoms with van der Waals surface area (Å²) in [6.45, 7) is 4.11. The van der Waals surface area contributed by atoms with Crippen molar-refractivity contribution in [1.29, 1.82) is 0 Å². The molecule has 23 heavy (non-hydrogen) atoms. The summed E-state index contributed by atoms with van der Waals surface area (Å²) in [6, 6.07) is 19.6. The molecule has 0 radical (unpaired) electrons. The second-order valence-electron chi connectivity index (χ2n) is 5.83. The Bertz CT molecular complexity index is 934. The van der Waals surface area contributed by atoms with E-state index in [0.717, 1.165) is 22.6 Å². The Morgan fingerprint density at radius 1 is 0.783 bits per heavy atom. The first-order valence-corrected chi connectivity index (χ1v) is 9.31. The highest BCUT2D eigenvalue weighted by Gasteiger charge is 2.11. The van der Waals surface area contributed by atoms with Gasteiger partial charge in [-0.2, -0.15) is 0 Å². The highest BCUT2D eigenvalue weighted by atomic mass is 32.2. The molecular formula is C19H19NO2S. The molecule has 3 rings (SSSR count). The van der Waals surface area contributed by atoms with Gasteiger partial charge in [0, 0.05) is 17.6 Å². The van der Waals surface area contributed by atoms with Crippen molar-refractivity contribution in [2.75, 3.05) is 6.26 Å². The summed E-state index contributed by atoms with van der Waals surface area (Å²) in [5.41, 5.74) is 5.51. The van der Waals surface area contributed by atoms with Gasteiger partial charge < -0.3 is 4.57 Å². The normalized spacial score (nSPS) is 11.6. The third-order valence-corrected chi connectivity index (χ3v) is 5.07. The summed E-state index contributed by atoms with van der Waals surface area (Å²) in [6.07, 6.45) is 1.22. The van der Waals surface area contributed by atoms with Gasteiger partial charge in [-0.05, 0) is 55.8 Å². The standard InChI is InChI=1S/C19H19NO2S/c1-14-4-7-16(8-5-14)19-13-6-15(2)20(19)17-9-11-18(12-10-17)23(3,21)22/h4-13H,1-3H3. The van der Waals surface area contributed by atoms with E-state index in [2.05, 4.69) is 47.9 Å². The monoisotopic (exact) mass is 325 g/mol. The molecular weight excluding hydrogens is 306 g/mol. The molecule has 0 fully saturated rings. The van der Waals surface area contributed by atoms with E-state index in [-0.39, 0.29) is 0 Å². The largest absolute Gasteiger partial charge is 0.314 e. The smallest absolute Gasteiger partial charge is 0.175 e. The first-order chi connectivity index (χ1) is 10.9. The number of aryl methyl sites for hydroxylation is 2. The minimum atomic E-state index is -3.17. The first-order valence-electron chi connectivity index (χ1n) is 7.42. The van der Waals surface area contributed by atoms with E-state index < -0.39 is 9.84 Å². The van der Waals surface area contributed by atoms with E-state index in [1.165, 1.54) is 11.8 Å². The van der Waals surface area contributed by atoms with Gasteiger partial charge in [0.25, 0.3) is 0 Å². The maximum atomic E-state index is 11.6. The van der Waals surface area contributed by atoms with Crippen molar-refractivity contribution < 1.29 is 8.42 Å². The quantitative estimate of drug-likeness (QED) is 0.725. The minimum Gasteiger partial charge on any atom is -0.314 e. The number of benzene rings is 2. The molecule has 0 bridgehead atoms. The Balaban J connectivity index is 2.10. The summed E-state index contributed by atoms with van der Waals surface area (Å²) < 4.78 is 25.4. The Hall–Kier alpha value is -2.33. The molecule has 1 heterocycles. The number of nitrogens with zero attached hydrogens (tertiary/aromatic N) is 1. The lowest BCUT2D eigenvalue weighted by Gasteiger charge is -2.13. The highest BCUT2D eigenvalue weighted by molar-refractivity contribution is 7.90. The van der Waals surface area contributed by atoms with Crippen molar-refractivity contribution in [3.05, 3.63) is 71.9 Å². The van der Waals surface area contributed by atoms with Gasteiger partial charge >= 0.3 is 0 Å². The first kappa shape index (κ1) is 15.6. The van der Waals surface area contributed by atoms with Crippen LogP contribution in [0.3, 0.4) is 0 Å². The zero-order valence-electron chi connectivity index (χ0n) is 13.4. The van der Waals surface area contributed by atoms with Gasteiger partial charge in [-0.25, -0.2) is 8.42 Å². The summed E-state index contributed by atoms with van der Waals surface area (Å²) in [5.74, 6) is 0. The Kier molecular flexibility index (Phi) is 3.86. The molecule has 0 atom stereocenters. The zero-order chi connectivity index (χ0) is 16.6. The van der Waals surface area contributed by atoms with Crippen LogP contribution < -0.4 is 0 Å². The molecule has 2 aromatic carbocycles. The average molecular weight is 325 g/mol. The van der Waals surface area contributed by atoms with E-state index in [9.17, 15) is 8.42 Å². The van der Waals surface area contributed by atoms with E-state index in [1.807, 2.05) is 19.1 Å². The molecule has 0 aliphatic carbocycles. The third-order valence-electron chi connectivity index (χ3n) is 3.95. The van der Waals surface area contributed by atoms with Crippen molar-refractivity contribution in [3.8, 4) is 16.9 Å². The third kappa shape index (κ3) is 3.08. The van der Waals surface area contributed by atoms with Crippen LogP contribution in [0.15, 0.2) is 65.6 Å². The van der Waals surface area contributed by atoms with Crippen LogP contribution in [0.25, 0.3) is 16.9 Å². The lowest BCUT2D eigenvalue weighted by Crippen LogP contribution is -2.01. The van der Waals surface area contributed by atoms with E-state index >= 15 is 0 Å². The van der Waals surface area contributed by atoms with Crippen LogP contribution in [0, 0.1) is 13.8 Å². The summed E-state index contributed by atoms with van der Waals surface area (Å²) in [4.78, 5) is 0.336. The predicted molar refractivity (Wildman–Crippen MR) is 93.8 cm³/mol. The molecule has 1 aromatic heterocycles. The predicted octanol–water partition coefficient (Wildman–Crippen LogP) is 4.16. The fraction of sp³-hybridized carbons (Fsp3) is 0.158. The van der Waals surface area contributed by atoms with Crippen LogP contribution in [0.2, 0.25) is 0 Å². The van der Waals surface area contributed by atoms with Gasteiger partial charge in [-0.3, -0.25) is 0 Å². The fourth-order valence-corrected chi connectivity index (χ4v) is 3.30. The van der Waals surface area contributed by atoms with E-state index in [1.54, 1.807) is 12.1 Å². The van der Waals surface area contributed by atoms with Crippen LogP contribution in [0.5, 0.6) is 0 Å². The average Bonchev–Trinajstić information content (AvgIpc) is 2.89. The molecule has 3 aromatic rings. The SMILES string of the molecule is Cc1ccc(-c2ccc(C)n2-c2ccc(S(C)(=O)=O)cc2)cc1. The van der Waals surface area contributed by atoms with Crippen LogP contribution in [0.4, 0.5) is 0 Å². The maximum Gasteiger partial charge on any atom is 0.175 e. The van der Waals surface area contributed by atoms with Gasteiger partial charge in [0.1, 0.15) is 0 Å². The molecule has 4 heteroatoms. The summed E-state index contributed by atoms with van der Waals surface area (Å²) in [7, 11) is -3.17. The lowest BCUT2D eigenvalue weighted by atomic mass is 10.1. The van der Waals surface area contributed by atoms with Gasteiger partial charge in [-0.1, -0.05) is 29.8 Å². The summed E-state index contributed by atoms with van der Waals surface area (Å²) >= 11 is 0. The van der Waals surface area contributed by atoms with Gasteiger partial charge in [0.15, 0.2) is 9.84 Å². The molecule has 0 aliphatic heterocycles. The number of hydrogen-bond donors (Lipinski definition) is 0. The van der Waals surface area contributed by atoms with Crippen LogP contribution in [-0.2, 0) is 9.84 Å². The zero-order valence-corrected chi connectivity index (χ0v) is 14.3. The van der Waals surface area contributed by atoms with Crippen LogP contribution in [0.1, 0.15) is 11.3 Å². The molecule has 0 N–H and O–H groups in total. The lowest BCUT2D eigenvalue weighted by molar-refractivity contribution is 0.602. The fourth-order valence-electron chi connectivity index (χ4n) is 2.67. The van der Waals surface area contributed by atoms with Crippen molar-refractivity contribution in [2.24, 2.45) is 0 Å². The Labute approximate surface area is 137 Å². The van der Waals surface area contributed by atoms with Gasteiger partial charge in [-0.15, -0.1) is 0 Å². The molecule has 0 saturated heterocycles. The maximum absolute atomic E-state index is 11.6. The van der Waals surface area contributed by atoms with Gasteiger partial charge in [0.05, 0.1) is 10.6 Å². The molecule has 0 unspecified atom stereocenters. The summed E-state index contributed by atoms with van der Waals surface area (Å²) in [5, 5.41) is 0. The number of rotatable bonds is 3. The Morgan fingerprint density at radius 2 is 1.39 bits per heavy atom. The molecule has 118 valence electrons. The second-order valence-corrected chi connectivity index (χ2v) is 7.84. The highest BCUT2D eigenvalue weighted by Crippen LogP contribution is 2.27. The number of hydrogen-bond acceptors (Lipinski definition) is 2. The number of aromatic nitrogens is 1. The molecule has 0 aliphatic rings. The molecule has 0 saturated carbocycles. The van der Waals surface area contributed by atoms with Crippen LogP contribution in [-0.4, -0.2) is 19.2 Å². The van der Waals surface area contributed by atoms with Gasteiger partial charge in [0.2, 0.25) is 0 Å².